The van der Waals surface area contributed by atoms with Crippen molar-refractivity contribution < 1.29 is 19.4 Å². The molecule has 1 saturated heterocycles. The number of morpholine rings is 1. The Morgan fingerprint density at radius 2 is 2.24 bits per heavy atom. The molecule has 0 bridgehead atoms. The third kappa shape index (κ3) is 3.87. The first-order chi connectivity index (χ1) is 9.88. The lowest BCUT2D eigenvalue weighted by molar-refractivity contribution is -0.154. The molecule has 1 aromatic rings. The van der Waals surface area contributed by atoms with Crippen LogP contribution in [0.4, 0.5) is 10.5 Å². The van der Waals surface area contributed by atoms with Gasteiger partial charge in [0.2, 0.25) is 0 Å². The Morgan fingerprint density at radius 3 is 2.90 bits per heavy atom. The van der Waals surface area contributed by atoms with E-state index in [0.717, 1.165) is 5.56 Å². The molecule has 0 spiro atoms. The van der Waals surface area contributed by atoms with Crippen molar-refractivity contribution in [3.8, 4) is 0 Å². The van der Waals surface area contributed by atoms with Crippen LogP contribution in [-0.2, 0) is 9.53 Å². The third-order valence-corrected chi connectivity index (χ3v) is 4.18. The van der Waals surface area contributed by atoms with Crippen LogP contribution in [0.3, 0.4) is 0 Å². The topological polar surface area (TPSA) is 78.9 Å². The Labute approximate surface area is 135 Å². The molecule has 114 valence electrons. The van der Waals surface area contributed by atoms with E-state index in [2.05, 4.69) is 21.2 Å². The van der Waals surface area contributed by atoms with Crippen molar-refractivity contribution in [1.29, 1.82) is 0 Å². The molecule has 8 heteroatoms. The fourth-order valence-corrected chi connectivity index (χ4v) is 2.64. The zero-order valence-electron chi connectivity index (χ0n) is 11.2. The average Bonchev–Trinajstić information content (AvgIpc) is 2.44. The van der Waals surface area contributed by atoms with E-state index in [1.54, 1.807) is 12.1 Å². The van der Waals surface area contributed by atoms with Crippen molar-refractivity contribution in [2.45, 2.75) is 13.0 Å². The average molecular weight is 378 g/mol. The van der Waals surface area contributed by atoms with Gasteiger partial charge in [0.05, 0.1) is 18.8 Å². The number of rotatable bonds is 2. The molecule has 1 heterocycles. The van der Waals surface area contributed by atoms with E-state index in [4.69, 9.17) is 21.4 Å². The van der Waals surface area contributed by atoms with Gasteiger partial charge in [0.15, 0.2) is 6.10 Å². The summed E-state index contributed by atoms with van der Waals surface area (Å²) in [6, 6.07) is 3.07. The van der Waals surface area contributed by atoms with Crippen molar-refractivity contribution in [3.63, 3.8) is 0 Å². The predicted octanol–water partition coefficient (Wildman–Crippen LogP) is 2.73. The molecule has 1 fully saturated rings. The van der Waals surface area contributed by atoms with E-state index >= 15 is 0 Å². The summed E-state index contributed by atoms with van der Waals surface area (Å²) in [4.78, 5) is 24.5. The van der Waals surface area contributed by atoms with E-state index in [1.165, 1.54) is 4.90 Å². The highest BCUT2D eigenvalue weighted by molar-refractivity contribution is 9.10. The van der Waals surface area contributed by atoms with Gasteiger partial charge < -0.3 is 20.1 Å². The van der Waals surface area contributed by atoms with Gasteiger partial charge in [-0.25, -0.2) is 9.59 Å². The van der Waals surface area contributed by atoms with Gasteiger partial charge in [0, 0.05) is 16.0 Å². The highest BCUT2D eigenvalue weighted by atomic mass is 79.9. The summed E-state index contributed by atoms with van der Waals surface area (Å²) < 4.78 is 5.79. The van der Waals surface area contributed by atoms with Gasteiger partial charge in [0.25, 0.3) is 0 Å². The molecule has 1 aromatic carbocycles. The van der Waals surface area contributed by atoms with Crippen LogP contribution in [0, 0.1) is 6.92 Å². The fourth-order valence-electron chi connectivity index (χ4n) is 1.92. The first-order valence-corrected chi connectivity index (χ1v) is 7.41. The molecule has 2 rings (SSSR count). The van der Waals surface area contributed by atoms with Gasteiger partial charge in [-0.1, -0.05) is 11.6 Å². The number of carboxylic acid groups (broad SMARTS) is 1. The lowest BCUT2D eigenvalue weighted by Gasteiger charge is -2.31. The van der Waals surface area contributed by atoms with Crippen LogP contribution < -0.4 is 5.32 Å². The van der Waals surface area contributed by atoms with Crippen molar-refractivity contribution in [3.05, 3.63) is 27.2 Å². The van der Waals surface area contributed by atoms with Crippen LogP contribution in [0.2, 0.25) is 5.02 Å². The first kappa shape index (κ1) is 16.1. The molecule has 21 heavy (non-hydrogen) atoms. The van der Waals surface area contributed by atoms with E-state index in [-0.39, 0.29) is 19.2 Å². The minimum Gasteiger partial charge on any atom is -0.479 e. The number of benzene rings is 1. The second-order valence-electron chi connectivity index (χ2n) is 4.66. The molecule has 0 aliphatic carbocycles. The number of halogens is 2. The number of aliphatic carboxylic acids is 1. The Bertz CT molecular complexity index is 582. The third-order valence-electron chi connectivity index (χ3n) is 3.12. The van der Waals surface area contributed by atoms with Gasteiger partial charge in [-0.3, -0.25) is 0 Å². The number of hydrogen-bond donors (Lipinski definition) is 2. The highest BCUT2D eigenvalue weighted by Crippen LogP contribution is 2.29. The number of nitrogens with one attached hydrogen (secondary N) is 1. The number of hydrogen-bond acceptors (Lipinski definition) is 3. The number of nitrogens with zero attached hydrogens (tertiary/aromatic N) is 1. The summed E-state index contributed by atoms with van der Waals surface area (Å²) in [6.07, 6.45) is -0.991. The molecule has 1 aliphatic heterocycles. The maximum atomic E-state index is 12.2. The number of carboxylic acids is 1. The first-order valence-electron chi connectivity index (χ1n) is 6.24. The van der Waals surface area contributed by atoms with Gasteiger partial charge in [-0.2, -0.15) is 0 Å². The Morgan fingerprint density at radius 1 is 1.52 bits per heavy atom. The summed E-state index contributed by atoms with van der Waals surface area (Å²) in [6.45, 7) is 2.41. The summed E-state index contributed by atoms with van der Waals surface area (Å²) in [7, 11) is 0. The molecule has 1 atom stereocenters. The second kappa shape index (κ2) is 6.64. The lowest BCUT2D eigenvalue weighted by atomic mass is 10.2. The SMILES string of the molecule is Cc1cc(Br)c(NC(=O)N2CCOC(C(=O)O)C2)cc1Cl. The normalized spacial score (nSPS) is 18.4. The maximum absolute atomic E-state index is 12.2. The molecule has 0 aromatic heterocycles. The quantitative estimate of drug-likeness (QED) is 0.830. The number of ether oxygens (including phenoxy) is 1. The number of anilines is 1. The van der Waals surface area contributed by atoms with Crippen LogP contribution >= 0.6 is 27.5 Å². The highest BCUT2D eigenvalue weighted by Gasteiger charge is 2.29. The minimum atomic E-state index is -1.08. The lowest BCUT2D eigenvalue weighted by Crippen LogP contribution is -2.49. The van der Waals surface area contributed by atoms with E-state index in [9.17, 15) is 9.59 Å². The van der Waals surface area contributed by atoms with Gasteiger partial charge >= 0.3 is 12.0 Å². The molecule has 0 radical (unpaired) electrons. The molecule has 0 saturated carbocycles. The number of urea groups is 1. The molecule has 1 aliphatic rings. The monoisotopic (exact) mass is 376 g/mol. The smallest absolute Gasteiger partial charge is 0.334 e. The van der Waals surface area contributed by atoms with Crippen molar-refractivity contribution in [2.75, 3.05) is 25.0 Å². The summed E-state index contributed by atoms with van der Waals surface area (Å²) in [5.41, 5.74) is 1.42. The zero-order chi connectivity index (χ0) is 15.6. The predicted molar refractivity (Wildman–Crippen MR) is 81.9 cm³/mol. The van der Waals surface area contributed by atoms with E-state index in [1.807, 2.05) is 6.92 Å². The molecule has 2 amide bonds. The minimum absolute atomic E-state index is 0.0123. The van der Waals surface area contributed by atoms with Crippen molar-refractivity contribution in [1.82, 2.24) is 4.90 Å². The summed E-state index contributed by atoms with van der Waals surface area (Å²) in [5.74, 6) is -1.08. The van der Waals surface area contributed by atoms with Crippen LogP contribution in [0.15, 0.2) is 16.6 Å². The van der Waals surface area contributed by atoms with Crippen LogP contribution in [-0.4, -0.2) is 47.8 Å². The zero-order valence-corrected chi connectivity index (χ0v) is 13.6. The Hall–Kier alpha value is -1.31. The molecular formula is C13H14BrClN2O4. The van der Waals surface area contributed by atoms with E-state index < -0.39 is 12.1 Å². The fraction of sp³-hybridized carbons (Fsp3) is 0.385. The van der Waals surface area contributed by atoms with Crippen LogP contribution in [0.25, 0.3) is 0 Å². The Kier molecular flexibility index (Phi) is 5.08. The standard InChI is InChI=1S/C13H14BrClN2O4/c1-7-4-8(14)10(5-9(7)15)16-13(20)17-2-3-21-11(6-17)12(18)19/h4-5,11H,2-3,6H2,1H3,(H,16,20)(H,18,19). The molecule has 1 unspecified atom stereocenters. The van der Waals surface area contributed by atoms with Crippen LogP contribution in [0.5, 0.6) is 0 Å². The van der Waals surface area contributed by atoms with E-state index in [0.29, 0.717) is 21.7 Å². The largest absolute Gasteiger partial charge is 0.479 e. The summed E-state index contributed by atoms with van der Waals surface area (Å²) in [5, 5.41) is 12.2. The number of carbonyl (C=O) groups is 2. The molecule has 6 nitrogen and oxygen atoms in total. The maximum Gasteiger partial charge on any atom is 0.334 e. The van der Waals surface area contributed by atoms with Gasteiger partial charge in [0.1, 0.15) is 0 Å². The number of aryl methyl sites for hydroxylation is 1. The van der Waals surface area contributed by atoms with Gasteiger partial charge in [-0.15, -0.1) is 0 Å². The van der Waals surface area contributed by atoms with Crippen molar-refractivity contribution in [2.24, 2.45) is 0 Å². The van der Waals surface area contributed by atoms with Gasteiger partial charge in [-0.05, 0) is 40.5 Å². The number of carbonyl (C=O) groups excluding carboxylic acids is 1. The molecular weight excluding hydrogens is 364 g/mol. The summed E-state index contributed by atoms with van der Waals surface area (Å²) >= 11 is 9.39. The van der Waals surface area contributed by atoms with Crippen molar-refractivity contribution >= 4 is 45.2 Å². The van der Waals surface area contributed by atoms with Crippen LogP contribution in [0.1, 0.15) is 5.56 Å². The second-order valence-corrected chi connectivity index (χ2v) is 5.92. The molecule has 2 N–H and O–H groups in total. The Balaban J connectivity index is 2.07. The number of amides is 2.